The van der Waals surface area contributed by atoms with E-state index in [0.29, 0.717) is 5.13 Å². The lowest BCUT2D eigenvalue weighted by atomic mass is 10.0. The summed E-state index contributed by atoms with van der Waals surface area (Å²) in [7, 11) is 0. The van der Waals surface area contributed by atoms with Crippen LogP contribution in [0.2, 0.25) is 0 Å². The molecule has 25 heavy (non-hydrogen) atoms. The van der Waals surface area contributed by atoms with Gasteiger partial charge in [-0.05, 0) is 47.6 Å². The Morgan fingerprint density at radius 2 is 1.92 bits per heavy atom. The van der Waals surface area contributed by atoms with Crippen LogP contribution in [0.25, 0.3) is 21.0 Å². The summed E-state index contributed by atoms with van der Waals surface area (Å²) in [6, 6.07) is 14.4. The predicted molar refractivity (Wildman–Crippen MR) is 98.9 cm³/mol. The Bertz CT molecular complexity index is 1170. The fourth-order valence-corrected chi connectivity index (χ4v) is 4.51. The van der Waals surface area contributed by atoms with E-state index in [4.69, 9.17) is 0 Å². The lowest BCUT2D eigenvalue weighted by Crippen LogP contribution is -2.13. The minimum absolute atomic E-state index is 0.0238. The minimum atomic E-state index is -0.534. The number of fused-ring (bicyclic) bond motifs is 2. The first-order valence-electron chi connectivity index (χ1n) is 8.10. The van der Waals surface area contributed by atoms with E-state index in [1.54, 1.807) is 12.1 Å². The molecule has 0 saturated heterocycles. The number of thiazole rings is 1. The van der Waals surface area contributed by atoms with Crippen LogP contribution in [0.1, 0.15) is 21.5 Å². The third-order valence-electron chi connectivity index (χ3n) is 4.69. The molecule has 1 heterocycles. The number of hydrogen-bond donors (Lipinski definition) is 1. The van der Waals surface area contributed by atoms with Crippen molar-refractivity contribution in [1.82, 2.24) is 4.98 Å². The van der Waals surface area contributed by atoms with Gasteiger partial charge in [0.1, 0.15) is 5.82 Å². The van der Waals surface area contributed by atoms with Gasteiger partial charge in [0.05, 0.1) is 15.8 Å². The number of nitrogens with one attached hydrogen (secondary N) is 1. The number of halogens is 1. The second kappa shape index (κ2) is 5.36. The van der Waals surface area contributed by atoms with Gasteiger partial charge in [-0.3, -0.25) is 10.1 Å². The molecule has 1 amide bonds. The number of aromatic nitrogens is 1. The first-order valence-corrected chi connectivity index (χ1v) is 8.92. The Balaban J connectivity index is 1.60. The van der Waals surface area contributed by atoms with Gasteiger partial charge in [0.25, 0.3) is 5.91 Å². The molecule has 5 heteroatoms. The molecule has 4 aromatic rings. The monoisotopic (exact) mass is 348 g/mol. The van der Waals surface area contributed by atoms with Crippen molar-refractivity contribution in [2.45, 2.75) is 12.8 Å². The molecule has 0 radical (unpaired) electrons. The lowest BCUT2D eigenvalue weighted by molar-refractivity contribution is 0.102. The summed E-state index contributed by atoms with van der Waals surface area (Å²) < 4.78 is 14.8. The van der Waals surface area contributed by atoms with Crippen molar-refractivity contribution in [1.29, 1.82) is 0 Å². The van der Waals surface area contributed by atoms with Crippen LogP contribution in [0.3, 0.4) is 0 Å². The molecule has 122 valence electrons. The van der Waals surface area contributed by atoms with Gasteiger partial charge in [0.15, 0.2) is 5.13 Å². The van der Waals surface area contributed by atoms with E-state index in [1.807, 2.05) is 0 Å². The molecule has 5 rings (SSSR count). The number of carbonyl (C=O) groups excluding carboxylic acids is 1. The second-order valence-corrected chi connectivity index (χ2v) is 7.21. The van der Waals surface area contributed by atoms with Crippen molar-refractivity contribution in [3.8, 4) is 0 Å². The average molecular weight is 348 g/mol. The molecule has 1 aromatic heterocycles. The van der Waals surface area contributed by atoms with Gasteiger partial charge in [0, 0.05) is 5.39 Å². The molecule has 1 aliphatic rings. The predicted octanol–water partition coefficient (Wildman–Crippen LogP) is 4.94. The SMILES string of the molecule is O=C(Nc1nc2c(cc3c4c(cccc42)CC3)s1)c1ccccc1F. The number of anilines is 1. The quantitative estimate of drug-likeness (QED) is 0.557. The van der Waals surface area contributed by atoms with Gasteiger partial charge in [-0.2, -0.15) is 0 Å². The number of amides is 1. The molecule has 0 fully saturated rings. The summed E-state index contributed by atoms with van der Waals surface area (Å²) >= 11 is 1.43. The van der Waals surface area contributed by atoms with Gasteiger partial charge < -0.3 is 0 Å². The highest BCUT2D eigenvalue weighted by Crippen LogP contribution is 2.39. The van der Waals surface area contributed by atoms with Gasteiger partial charge in [0.2, 0.25) is 0 Å². The Morgan fingerprint density at radius 1 is 1.08 bits per heavy atom. The molecule has 0 aliphatic heterocycles. The Kier molecular flexibility index (Phi) is 3.12. The van der Waals surface area contributed by atoms with Crippen molar-refractivity contribution in [2.75, 3.05) is 5.32 Å². The molecule has 3 nitrogen and oxygen atoms in total. The van der Waals surface area contributed by atoms with Crippen molar-refractivity contribution in [2.24, 2.45) is 0 Å². The summed E-state index contributed by atoms with van der Waals surface area (Å²) in [5, 5.41) is 5.66. The van der Waals surface area contributed by atoms with Crippen LogP contribution in [-0.4, -0.2) is 10.9 Å². The van der Waals surface area contributed by atoms with Crippen molar-refractivity contribution >= 4 is 43.4 Å². The summed E-state index contributed by atoms with van der Waals surface area (Å²) in [5.74, 6) is -1.01. The maximum absolute atomic E-state index is 13.8. The molecule has 0 bridgehead atoms. The average Bonchev–Trinajstić information content (AvgIpc) is 3.21. The van der Waals surface area contributed by atoms with Crippen LogP contribution in [0, 0.1) is 5.82 Å². The number of hydrogen-bond acceptors (Lipinski definition) is 3. The summed E-state index contributed by atoms with van der Waals surface area (Å²) in [6.45, 7) is 0. The standard InChI is InChI=1S/C20H13FN2OS/c21-15-7-2-1-5-13(15)19(24)23-20-22-18-14-6-3-4-11-8-9-12(17(11)14)10-16(18)25-20/h1-7,10H,8-9H2,(H,22,23,24). The minimum Gasteiger partial charge on any atom is -0.298 e. The Hall–Kier alpha value is -2.79. The van der Waals surface area contributed by atoms with Crippen molar-refractivity contribution in [3.05, 3.63) is 71.0 Å². The van der Waals surface area contributed by atoms with E-state index in [-0.39, 0.29) is 5.56 Å². The van der Waals surface area contributed by atoms with Gasteiger partial charge in [-0.25, -0.2) is 9.37 Å². The van der Waals surface area contributed by atoms with E-state index in [2.05, 4.69) is 34.6 Å². The summed E-state index contributed by atoms with van der Waals surface area (Å²) in [4.78, 5) is 16.9. The number of aryl methyl sites for hydroxylation is 2. The molecule has 1 aliphatic carbocycles. The molecule has 3 aromatic carbocycles. The fourth-order valence-electron chi connectivity index (χ4n) is 3.57. The zero-order valence-electron chi connectivity index (χ0n) is 13.2. The van der Waals surface area contributed by atoms with Crippen LogP contribution in [-0.2, 0) is 12.8 Å². The van der Waals surface area contributed by atoms with Crippen LogP contribution in [0.5, 0.6) is 0 Å². The zero-order valence-corrected chi connectivity index (χ0v) is 14.0. The first kappa shape index (κ1) is 14.5. The first-order chi connectivity index (χ1) is 12.2. The highest BCUT2D eigenvalue weighted by molar-refractivity contribution is 7.22. The topological polar surface area (TPSA) is 42.0 Å². The van der Waals surface area contributed by atoms with Gasteiger partial charge >= 0.3 is 0 Å². The number of nitrogens with zero attached hydrogens (tertiary/aromatic N) is 1. The highest BCUT2D eigenvalue weighted by atomic mass is 32.1. The van der Waals surface area contributed by atoms with Crippen LogP contribution >= 0.6 is 11.3 Å². The van der Waals surface area contributed by atoms with Gasteiger partial charge in [-0.1, -0.05) is 41.7 Å². The van der Waals surface area contributed by atoms with E-state index >= 15 is 0 Å². The van der Waals surface area contributed by atoms with Crippen molar-refractivity contribution < 1.29 is 9.18 Å². The van der Waals surface area contributed by atoms with Crippen LogP contribution < -0.4 is 5.32 Å². The molecule has 0 unspecified atom stereocenters. The van der Waals surface area contributed by atoms with E-state index in [9.17, 15) is 9.18 Å². The maximum atomic E-state index is 13.8. The van der Waals surface area contributed by atoms with Crippen LogP contribution in [0.4, 0.5) is 9.52 Å². The number of rotatable bonds is 2. The zero-order chi connectivity index (χ0) is 17.0. The number of carbonyl (C=O) groups is 1. The molecule has 0 atom stereocenters. The second-order valence-electron chi connectivity index (χ2n) is 6.18. The summed E-state index contributed by atoms with van der Waals surface area (Å²) in [6.07, 6.45) is 2.11. The van der Waals surface area contributed by atoms with E-state index in [0.717, 1.165) is 28.4 Å². The van der Waals surface area contributed by atoms with E-state index < -0.39 is 11.7 Å². The van der Waals surface area contributed by atoms with Crippen molar-refractivity contribution in [3.63, 3.8) is 0 Å². The summed E-state index contributed by atoms with van der Waals surface area (Å²) in [5.41, 5.74) is 3.63. The fraction of sp³-hybridized carbons (Fsp3) is 0.100. The molecule has 1 N–H and O–H groups in total. The van der Waals surface area contributed by atoms with Crippen LogP contribution in [0.15, 0.2) is 48.5 Å². The van der Waals surface area contributed by atoms with E-state index in [1.165, 1.54) is 40.0 Å². The third kappa shape index (κ3) is 2.23. The normalized spacial score (nSPS) is 12.8. The van der Waals surface area contributed by atoms with Gasteiger partial charge in [-0.15, -0.1) is 0 Å². The third-order valence-corrected chi connectivity index (χ3v) is 5.61. The molecule has 0 spiro atoms. The maximum Gasteiger partial charge on any atom is 0.260 e. The highest BCUT2D eigenvalue weighted by Gasteiger charge is 2.19. The number of benzene rings is 3. The Labute approximate surface area is 147 Å². The largest absolute Gasteiger partial charge is 0.298 e. The molecule has 0 saturated carbocycles. The molecular weight excluding hydrogens is 335 g/mol. The smallest absolute Gasteiger partial charge is 0.260 e. The lowest BCUT2D eigenvalue weighted by Gasteiger charge is -2.02. The molecular formula is C20H13FN2OS. The Morgan fingerprint density at radius 3 is 2.80 bits per heavy atom.